The molecule has 6 heteroatoms. The summed E-state index contributed by atoms with van der Waals surface area (Å²) in [5.74, 6) is -0.297. The first-order valence-electron chi connectivity index (χ1n) is 6.28. The van der Waals surface area contributed by atoms with Gasteiger partial charge in [-0.3, -0.25) is 14.5 Å². The number of amides is 2. The van der Waals surface area contributed by atoms with Crippen LogP contribution in [0.2, 0.25) is 0 Å². The second kappa shape index (κ2) is 5.30. The molecule has 2 amide bonds. The van der Waals surface area contributed by atoms with Crippen LogP contribution in [0.5, 0.6) is 0 Å². The Bertz CT molecular complexity index is 385. The van der Waals surface area contributed by atoms with Crippen LogP contribution < -0.4 is 5.32 Å². The van der Waals surface area contributed by atoms with E-state index in [0.29, 0.717) is 24.1 Å². The number of rotatable bonds is 1. The molecule has 5 nitrogen and oxygen atoms in total. The molecule has 0 radical (unpaired) electrons. The molecule has 1 N–H and O–H groups in total. The molecule has 2 heterocycles. The molecule has 3 atom stereocenters. The summed E-state index contributed by atoms with van der Waals surface area (Å²) in [7, 11) is 1.53. The summed E-state index contributed by atoms with van der Waals surface area (Å²) >= 11 is 1.67. The van der Waals surface area contributed by atoms with E-state index in [2.05, 4.69) is 24.2 Å². The lowest BCUT2D eigenvalue weighted by Crippen LogP contribution is -2.46. The number of amidine groups is 1. The van der Waals surface area contributed by atoms with E-state index in [9.17, 15) is 9.59 Å². The van der Waals surface area contributed by atoms with Gasteiger partial charge in [0.25, 0.3) is 5.91 Å². The van der Waals surface area contributed by atoms with Crippen LogP contribution >= 0.6 is 11.8 Å². The summed E-state index contributed by atoms with van der Waals surface area (Å²) in [6, 6.07) is -0.0155. The van der Waals surface area contributed by atoms with E-state index in [1.807, 2.05) is 0 Å². The molecule has 2 saturated heterocycles. The predicted octanol–water partition coefficient (Wildman–Crippen LogP) is 0.993. The number of nitrogens with one attached hydrogen (secondary N) is 1. The smallest absolute Gasteiger partial charge is 0.253 e. The largest absolute Gasteiger partial charge is 0.362 e. The van der Waals surface area contributed by atoms with Crippen molar-refractivity contribution in [1.82, 2.24) is 10.2 Å². The highest BCUT2D eigenvalue weighted by molar-refractivity contribution is 8.14. The first-order valence-corrected chi connectivity index (χ1v) is 7.16. The molecule has 3 unspecified atom stereocenters. The van der Waals surface area contributed by atoms with Crippen LogP contribution in [0, 0.1) is 0 Å². The molecule has 0 aromatic carbocycles. The fourth-order valence-corrected chi connectivity index (χ4v) is 3.49. The zero-order valence-corrected chi connectivity index (χ0v) is 11.8. The van der Waals surface area contributed by atoms with E-state index < -0.39 is 6.04 Å². The van der Waals surface area contributed by atoms with Gasteiger partial charge in [-0.15, -0.1) is 0 Å². The Hall–Kier alpha value is -1.04. The van der Waals surface area contributed by atoms with Crippen LogP contribution in [-0.2, 0) is 9.59 Å². The Kier molecular flexibility index (Phi) is 3.94. The molecule has 2 rings (SSSR count). The third kappa shape index (κ3) is 2.85. The van der Waals surface area contributed by atoms with Gasteiger partial charge in [0.15, 0.2) is 5.17 Å². The number of hydrogen-bond acceptors (Lipinski definition) is 4. The fourth-order valence-electron chi connectivity index (χ4n) is 2.27. The van der Waals surface area contributed by atoms with Crippen molar-refractivity contribution in [3.8, 4) is 0 Å². The number of hydrogen-bond donors (Lipinski definition) is 1. The SMILES string of the molecule is CC1CC(C)SC(=NC2CCC(=O)N(C)C2=O)N1. The third-order valence-electron chi connectivity index (χ3n) is 3.26. The van der Waals surface area contributed by atoms with Crippen LogP contribution in [0.1, 0.15) is 33.1 Å². The minimum absolute atomic E-state index is 0.109. The number of carbonyl (C=O) groups excluding carboxylic acids is 2. The standard InChI is InChI=1S/C12H19N3O2S/c1-7-6-8(2)18-12(13-7)14-9-4-5-10(16)15(3)11(9)17/h7-9H,4-6H2,1-3H3,(H,13,14). The minimum atomic E-state index is -0.403. The molecule has 2 fully saturated rings. The topological polar surface area (TPSA) is 61.8 Å². The molecule has 0 bridgehead atoms. The molecule has 0 aromatic rings. The van der Waals surface area contributed by atoms with Gasteiger partial charge in [0, 0.05) is 24.8 Å². The summed E-state index contributed by atoms with van der Waals surface area (Å²) in [4.78, 5) is 29.0. The molecule has 18 heavy (non-hydrogen) atoms. The Labute approximate surface area is 111 Å². The number of nitrogens with zero attached hydrogens (tertiary/aromatic N) is 2. The monoisotopic (exact) mass is 269 g/mol. The molecule has 2 aliphatic heterocycles. The Morgan fingerprint density at radius 2 is 2.11 bits per heavy atom. The minimum Gasteiger partial charge on any atom is -0.362 e. The number of imide groups is 1. The number of carbonyl (C=O) groups is 2. The lowest BCUT2D eigenvalue weighted by Gasteiger charge is -2.30. The van der Waals surface area contributed by atoms with Crippen molar-refractivity contribution < 1.29 is 9.59 Å². The van der Waals surface area contributed by atoms with E-state index in [4.69, 9.17) is 0 Å². The molecular formula is C12H19N3O2S. The maximum absolute atomic E-state index is 11.9. The van der Waals surface area contributed by atoms with E-state index in [-0.39, 0.29) is 11.8 Å². The number of likely N-dealkylation sites (N-methyl/N-ethyl adjacent to an activating group) is 1. The lowest BCUT2D eigenvalue weighted by molar-refractivity contribution is -0.147. The highest BCUT2D eigenvalue weighted by Gasteiger charge is 2.32. The summed E-state index contributed by atoms with van der Waals surface area (Å²) in [6.45, 7) is 4.28. The van der Waals surface area contributed by atoms with Crippen molar-refractivity contribution in [1.29, 1.82) is 0 Å². The number of piperidine rings is 1. The van der Waals surface area contributed by atoms with Crippen molar-refractivity contribution in [2.75, 3.05) is 7.05 Å². The van der Waals surface area contributed by atoms with Crippen LogP contribution in [-0.4, -0.2) is 46.3 Å². The first-order chi connectivity index (χ1) is 8.47. The summed E-state index contributed by atoms with van der Waals surface area (Å²) in [5.41, 5.74) is 0. The van der Waals surface area contributed by atoms with Gasteiger partial charge in [-0.25, -0.2) is 4.99 Å². The predicted molar refractivity (Wildman–Crippen MR) is 72.5 cm³/mol. The van der Waals surface area contributed by atoms with Gasteiger partial charge in [0.05, 0.1) is 0 Å². The average Bonchev–Trinajstić information content (AvgIpc) is 2.29. The molecule has 0 spiro atoms. The van der Waals surface area contributed by atoms with Gasteiger partial charge in [-0.05, 0) is 19.8 Å². The van der Waals surface area contributed by atoms with Crippen LogP contribution in [0.4, 0.5) is 0 Å². The lowest BCUT2D eigenvalue weighted by atomic mass is 10.1. The van der Waals surface area contributed by atoms with Crippen molar-refractivity contribution in [3.63, 3.8) is 0 Å². The Morgan fingerprint density at radius 3 is 2.78 bits per heavy atom. The molecular weight excluding hydrogens is 250 g/mol. The van der Waals surface area contributed by atoms with Crippen LogP contribution in [0.15, 0.2) is 4.99 Å². The molecule has 100 valence electrons. The van der Waals surface area contributed by atoms with E-state index >= 15 is 0 Å². The quantitative estimate of drug-likeness (QED) is 0.721. The van der Waals surface area contributed by atoms with Gasteiger partial charge in [0.2, 0.25) is 5.91 Å². The zero-order chi connectivity index (χ0) is 13.3. The number of thioether (sulfide) groups is 1. The highest BCUT2D eigenvalue weighted by Crippen LogP contribution is 2.24. The molecule has 0 aliphatic carbocycles. The van der Waals surface area contributed by atoms with Gasteiger partial charge in [0.1, 0.15) is 6.04 Å². The summed E-state index contributed by atoms with van der Waals surface area (Å²) in [5, 5.41) is 4.65. The van der Waals surface area contributed by atoms with Crippen molar-refractivity contribution in [3.05, 3.63) is 0 Å². The van der Waals surface area contributed by atoms with Crippen LogP contribution in [0.25, 0.3) is 0 Å². The normalized spacial score (nSPS) is 35.8. The van der Waals surface area contributed by atoms with Gasteiger partial charge >= 0.3 is 0 Å². The number of likely N-dealkylation sites (tertiary alicyclic amines) is 1. The van der Waals surface area contributed by atoms with Crippen molar-refractivity contribution in [2.24, 2.45) is 4.99 Å². The molecule has 2 aliphatic rings. The van der Waals surface area contributed by atoms with Gasteiger partial charge < -0.3 is 5.32 Å². The Balaban J connectivity index is 2.08. The van der Waals surface area contributed by atoms with Crippen molar-refractivity contribution >= 4 is 28.7 Å². The highest BCUT2D eigenvalue weighted by atomic mass is 32.2. The fraction of sp³-hybridized carbons (Fsp3) is 0.750. The maximum Gasteiger partial charge on any atom is 0.253 e. The summed E-state index contributed by atoms with van der Waals surface area (Å²) < 4.78 is 0. The van der Waals surface area contributed by atoms with Gasteiger partial charge in [-0.2, -0.15) is 0 Å². The van der Waals surface area contributed by atoms with Crippen molar-refractivity contribution in [2.45, 2.75) is 50.4 Å². The first kappa shape index (κ1) is 13.4. The van der Waals surface area contributed by atoms with E-state index in [1.165, 1.54) is 11.9 Å². The Morgan fingerprint density at radius 1 is 1.39 bits per heavy atom. The average molecular weight is 269 g/mol. The summed E-state index contributed by atoms with van der Waals surface area (Å²) in [6.07, 6.45) is 2.02. The van der Waals surface area contributed by atoms with E-state index in [0.717, 1.165) is 11.6 Å². The van der Waals surface area contributed by atoms with Crippen LogP contribution in [0.3, 0.4) is 0 Å². The molecule has 0 saturated carbocycles. The zero-order valence-electron chi connectivity index (χ0n) is 11.0. The third-order valence-corrected chi connectivity index (χ3v) is 4.30. The second-order valence-electron chi connectivity index (χ2n) is 4.99. The second-order valence-corrected chi connectivity index (χ2v) is 6.42. The van der Waals surface area contributed by atoms with Gasteiger partial charge in [-0.1, -0.05) is 18.7 Å². The maximum atomic E-state index is 11.9. The molecule has 0 aromatic heterocycles. The number of aliphatic imine (C=N–C) groups is 1. The van der Waals surface area contributed by atoms with E-state index in [1.54, 1.807) is 11.8 Å².